The van der Waals surface area contributed by atoms with E-state index in [0.717, 1.165) is 67.6 Å². The molecule has 0 radical (unpaired) electrons. The highest BCUT2D eigenvalue weighted by Crippen LogP contribution is 2.52. The molecule has 2 heterocycles. The minimum atomic E-state index is -0.891. The highest BCUT2D eigenvalue weighted by molar-refractivity contribution is 8.00. The molecule has 2 aliphatic rings. The van der Waals surface area contributed by atoms with Gasteiger partial charge in [0, 0.05) is 26.9 Å². The Hall–Kier alpha value is -1.81. The number of rotatable bonds is 17. The lowest BCUT2D eigenvalue weighted by atomic mass is 9.90. The number of hydrogen-bond acceptors (Lipinski definition) is 8. The summed E-state index contributed by atoms with van der Waals surface area (Å²) < 4.78 is 38.0. The van der Waals surface area contributed by atoms with Gasteiger partial charge in [-0.1, -0.05) is 64.3 Å². The molecule has 0 spiro atoms. The molecule has 43 heavy (non-hydrogen) atoms. The zero-order valence-electron chi connectivity index (χ0n) is 26.8. The Labute approximate surface area is 262 Å². The van der Waals surface area contributed by atoms with Crippen LogP contribution >= 0.6 is 11.8 Å². The van der Waals surface area contributed by atoms with E-state index in [4.69, 9.17) is 28.4 Å². The molecular formula is C35H52O7S. The molecule has 4 rings (SSSR count). The van der Waals surface area contributed by atoms with Crippen molar-refractivity contribution < 1.29 is 33.5 Å². The van der Waals surface area contributed by atoms with Gasteiger partial charge in [0.15, 0.2) is 16.4 Å². The summed E-state index contributed by atoms with van der Waals surface area (Å²) >= 11 is 1.61. The largest absolute Gasteiger partial charge is 0.486 e. The lowest BCUT2D eigenvalue weighted by Crippen LogP contribution is -2.62. The number of unbranched alkanes of at least 4 members (excludes halogenated alkanes) is 3. The third-order valence-corrected chi connectivity index (χ3v) is 10.0. The van der Waals surface area contributed by atoms with Gasteiger partial charge in [0.2, 0.25) is 0 Å². The standard InChI is InChI=1S/C35H52O7S/c1-6-9-16-40-32-31(24-36)43-35(37-5,34(42-18-11-8-3)33(32)41-17-10-7-2)28-14-12-25(4)27(23-28)21-26-13-15-29-30(22-26)39-20-19-38-29/h12-15,22-23,31-34,36H,6-11,16-21,24H2,1-5H3/t31-,32-,33+,34-,35?/m1/s1. The summed E-state index contributed by atoms with van der Waals surface area (Å²) in [6.07, 6.45) is 5.56. The summed E-state index contributed by atoms with van der Waals surface area (Å²) in [4.78, 5) is -0.891. The van der Waals surface area contributed by atoms with E-state index in [9.17, 15) is 5.11 Å². The number of benzene rings is 2. The maximum Gasteiger partial charge on any atom is 0.168 e. The van der Waals surface area contributed by atoms with Gasteiger partial charge < -0.3 is 33.5 Å². The molecule has 1 fully saturated rings. The van der Waals surface area contributed by atoms with Crippen molar-refractivity contribution in [1.29, 1.82) is 0 Å². The Morgan fingerprint density at radius 1 is 0.837 bits per heavy atom. The Kier molecular flexibility index (Phi) is 13.5. The fraction of sp³-hybridized carbons (Fsp3) is 0.657. The molecule has 5 atom stereocenters. The Morgan fingerprint density at radius 3 is 2.14 bits per heavy atom. The number of aliphatic hydroxyl groups is 1. The van der Waals surface area contributed by atoms with Gasteiger partial charge >= 0.3 is 0 Å². The van der Waals surface area contributed by atoms with Crippen molar-refractivity contribution in [2.24, 2.45) is 0 Å². The molecule has 240 valence electrons. The summed E-state index contributed by atoms with van der Waals surface area (Å²) in [5.41, 5.74) is 4.56. The van der Waals surface area contributed by atoms with E-state index in [1.54, 1.807) is 18.9 Å². The Balaban J connectivity index is 1.73. The molecule has 0 aliphatic carbocycles. The lowest BCUT2D eigenvalue weighted by molar-refractivity contribution is -0.195. The van der Waals surface area contributed by atoms with Crippen molar-refractivity contribution in [3.63, 3.8) is 0 Å². The molecule has 1 saturated heterocycles. The molecule has 1 unspecified atom stereocenters. The number of hydrogen-bond donors (Lipinski definition) is 1. The van der Waals surface area contributed by atoms with Crippen LogP contribution in [0.4, 0.5) is 0 Å². The number of thioether (sulfide) groups is 1. The summed E-state index contributed by atoms with van der Waals surface area (Å²) in [5, 5.41) is 10.5. The van der Waals surface area contributed by atoms with Crippen LogP contribution in [0.15, 0.2) is 36.4 Å². The van der Waals surface area contributed by atoms with Crippen LogP contribution in [0.25, 0.3) is 0 Å². The van der Waals surface area contributed by atoms with Crippen LogP contribution < -0.4 is 9.47 Å². The first kappa shape index (κ1) is 34.1. The van der Waals surface area contributed by atoms with Crippen LogP contribution in [0.5, 0.6) is 11.5 Å². The van der Waals surface area contributed by atoms with Crippen LogP contribution in [0.3, 0.4) is 0 Å². The molecule has 8 heteroatoms. The second-order valence-electron chi connectivity index (χ2n) is 11.5. The van der Waals surface area contributed by atoms with Gasteiger partial charge in [-0.2, -0.15) is 0 Å². The Morgan fingerprint density at radius 2 is 1.49 bits per heavy atom. The van der Waals surface area contributed by atoms with E-state index in [1.165, 1.54) is 11.1 Å². The van der Waals surface area contributed by atoms with Gasteiger partial charge in [-0.15, -0.1) is 11.8 Å². The quantitative estimate of drug-likeness (QED) is 0.194. The number of ether oxygens (including phenoxy) is 6. The van der Waals surface area contributed by atoms with E-state index in [2.05, 4.69) is 58.0 Å². The zero-order chi connectivity index (χ0) is 30.7. The molecule has 0 amide bonds. The SMILES string of the molecule is CCCCO[C@H]1[C@H](OCCCC)[C@@H](CO)SC(OC)(c2ccc(C)c(Cc3ccc4c(c3)OCCO4)c2)[C@@H]1OCCCC. The first-order chi connectivity index (χ1) is 21.0. The van der Waals surface area contributed by atoms with Gasteiger partial charge in [0.25, 0.3) is 0 Å². The number of fused-ring (bicyclic) bond motifs is 1. The maximum atomic E-state index is 10.7. The van der Waals surface area contributed by atoms with E-state index >= 15 is 0 Å². The lowest BCUT2D eigenvalue weighted by Gasteiger charge is -2.51. The predicted molar refractivity (Wildman–Crippen MR) is 173 cm³/mol. The van der Waals surface area contributed by atoms with E-state index in [1.807, 2.05) is 6.07 Å². The second kappa shape index (κ2) is 17.0. The van der Waals surface area contributed by atoms with Gasteiger partial charge in [0.1, 0.15) is 31.5 Å². The molecule has 0 bridgehead atoms. The normalized spacial score (nSPS) is 25.2. The van der Waals surface area contributed by atoms with Crippen LogP contribution in [0.2, 0.25) is 0 Å². The molecule has 7 nitrogen and oxygen atoms in total. The van der Waals surface area contributed by atoms with Crippen molar-refractivity contribution >= 4 is 11.8 Å². The number of methoxy groups -OCH3 is 1. The molecule has 2 aliphatic heterocycles. The van der Waals surface area contributed by atoms with Crippen LogP contribution in [-0.4, -0.2) is 75.4 Å². The van der Waals surface area contributed by atoms with E-state index < -0.39 is 11.0 Å². The topological polar surface area (TPSA) is 75.6 Å². The minimum absolute atomic E-state index is 0.0438. The molecule has 1 N–H and O–H groups in total. The summed E-state index contributed by atoms with van der Waals surface area (Å²) in [7, 11) is 1.75. The first-order valence-corrected chi connectivity index (χ1v) is 17.1. The van der Waals surface area contributed by atoms with Crippen molar-refractivity contribution in [2.45, 2.75) is 101 Å². The molecule has 2 aromatic rings. The van der Waals surface area contributed by atoms with E-state index in [-0.39, 0.29) is 24.1 Å². The Bertz CT molecular complexity index is 1130. The third-order valence-electron chi connectivity index (χ3n) is 8.34. The van der Waals surface area contributed by atoms with E-state index in [0.29, 0.717) is 33.0 Å². The second-order valence-corrected chi connectivity index (χ2v) is 13.0. The van der Waals surface area contributed by atoms with Gasteiger partial charge in [-0.25, -0.2) is 0 Å². The number of aliphatic hydroxyl groups excluding tert-OH is 1. The maximum absolute atomic E-state index is 10.7. The predicted octanol–water partition coefficient (Wildman–Crippen LogP) is 6.82. The molecule has 2 aromatic carbocycles. The van der Waals surface area contributed by atoms with Crippen molar-refractivity contribution in [1.82, 2.24) is 0 Å². The van der Waals surface area contributed by atoms with Crippen LogP contribution in [0.1, 0.15) is 81.5 Å². The van der Waals surface area contributed by atoms with Crippen molar-refractivity contribution in [3.8, 4) is 11.5 Å². The smallest absolute Gasteiger partial charge is 0.168 e. The summed E-state index contributed by atoms with van der Waals surface area (Å²) in [5.74, 6) is 1.59. The van der Waals surface area contributed by atoms with Crippen LogP contribution in [-0.2, 0) is 30.3 Å². The summed E-state index contributed by atoms with van der Waals surface area (Å²) in [6.45, 7) is 11.6. The highest BCUT2D eigenvalue weighted by Gasteiger charge is 2.57. The zero-order valence-corrected chi connectivity index (χ0v) is 27.6. The minimum Gasteiger partial charge on any atom is -0.486 e. The average molecular weight is 617 g/mol. The molecule has 0 aromatic heterocycles. The fourth-order valence-electron chi connectivity index (χ4n) is 5.78. The van der Waals surface area contributed by atoms with Gasteiger partial charge in [-0.3, -0.25) is 0 Å². The van der Waals surface area contributed by atoms with Crippen molar-refractivity contribution in [2.75, 3.05) is 46.8 Å². The third kappa shape index (κ3) is 8.27. The molecular weight excluding hydrogens is 564 g/mol. The van der Waals surface area contributed by atoms with Crippen molar-refractivity contribution in [3.05, 3.63) is 58.7 Å². The summed E-state index contributed by atoms with van der Waals surface area (Å²) in [6, 6.07) is 12.7. The fourth-order valence-corrected chi connectivity index (χ4v) is 7.37. The average Bonchev–Trinajstić information content (AvgIpc) is 3.03. The molecule has 0 saturated carbocycles. The van der Waals surface area contributed by atoms with Gasteiger partial charge in [-0.05, 0) is 67.0 Å². The first-order valence-electron chi connectivity index (χ1n) is 16.2. The number of aryl methyl sites for hydroxylation is 1. The highest BCUT2D eigenvalue weighted by atomic mass is 32.2. The van der Waals surface area contributed by atoms with Gasteiger partial charge in [0.05, 0.1) is 11.9 Å². The monoisotopic (exact) mass is 616 g/mol. The van der Waals surface area contributed by atoms with Crippen LogP contribution in [0, 0.1) is 6.92 Å².